The van der Waals surface area contributed by atoms with Crippen molar-refractivity contribution in [1.29, 1.82) is 0 Å². The minimum Gasteiger partial charge on any atom is -0.433 e. The van der Waals surface area contributed by atoms with Crippen molar-refractivity contribution in [2.24, 2.45) is 0 Å². The van der Waals surface area contributed by atoms with Crippen LogP contribution in [0, 0.1) is 12.3 Å². The second-order valence-electron chi connectivity index (χ2n) is 5.41. The van der Waals surface area contributed by atoms with Gasteiger partial charge in [-0.05, 0) is 12.8 Å². The maximum absolute atomic E-state index is 12.2. The Morgan fingerprint density at radius 3 is 2.50 bits per heavy atom. The van der Waals surface area contributed by atoms with Gasteiger partial charge in [-0.25, -0.2) is 9.18 Å². The fourth-order valence-electron chi connectivity index (χ4n) is 2.10. The molecule has 0 spiro atoms. The van der Waals surface area contributed by atoms with E-state index in [2.05, 4.69) is 22.7 Å². The largest absolute Gasteiger partial charge is 0.433 e. The van der Waals surface area contributed by atoms with E-state index in [9.17, 15) is 18.6 Å². The molecule has 0 radical (unpaired) electrons. The zero-order valence-electron chi connectivity index (χ0n) is 14.3. The van der Waals surface area contributed by atoms with E-state index < -0.39 is 32.8 Å². The van der Waals surface area contributed by atoms with E-state index in [4.69, 9.17) is 11.2 Å². The number of carbonyl (C=O) groups is 1. The number of amides is 1. The molecule has 2 unspecified atom stereocenters. The number of unbranched alkanes of at least 4 members (excludes halogenated alkanes) is 6. The van der Waals surface area contributed by atoms with Crippen LogP contribution in [-0.2, 0) is 13.8 Å². The van der Waals surface area contributed by atoms with E-state index in [-0.39, 0.29) is 13.0 Å². The number of ether oxygens (including phenoxy) is 1. The Balaban J connectivity index is 4.39. The Hall–Kier alpha value is -1.09. The average Bonchev–Trinajstić information content (AvgIpc) is 2.56. The molecule has 0 aromatic heterocycles. The number of terminal acetylenes is 1. The lowest BCUT2D eigenvalue weighted by Crippen LogP contribution is -2.29. The molecule has 2 N–H and O–H groups in total. The van der Waals surface area contributed by atoms with Crippen LogP contribution in [-0.4, -0.2) is 36.7 Å². The smallest absolute Gasteiger partial charge is 0.408 e. The van der Waals surface area contributed by atoms with Crippen molar-refractivity contribution in [2.45, 2.75) is 64.1 Å². The molecule has 140 valence electrons. The molecule has 0 bridgehead atoms. The van der Waals surface area contributed by atoms with Gasteiger partial charge in [0.1, 0.15) is 6.67 Å². The van der Waals surface area contributed by atoms with Crippen molar-refractivity contribution in [3.05, 3.63) is 0 Å². The maximum Gasteiger partial charge on any atom is 0.408 e. The minimum atomic E-state index is -4.25. The van der Waals surface area contributed by atoms with Gasteiger partial charge >= 0.3 is 13.7 Å². The van der Waals surface area contributed by atoms with Gasteiger partial charge < -0.3 is 19.5 Å². The van der Waals surface area contributed by atoms with Crippen molar-refractivity contribution in [1.82, 2.24) is 5.32 Å². The summed E-state index contributed by atoms with van der Waals surface area (Å²) in [5, 5.41) is 2.26. The molecule has 0 aromatic rings. The van der Waals surface area contributed by atoms with Crippen LogP contribution < -0.4 is 5.32 Å². The van der Waals surface area contributed by atoms with Gasteiger partial charge in [-0.3, -0.25) is 4.57 Å². The van der Waals surface area contributed by atoms with E-state index >= 15 is 0 Å². The van der Waals surface area contributed by atoms with E-state index in [1.54, 1.807) is 0 Å². The first kappa shape index (κ1) is 22.9. The SMILES string of the molecule is C#CCNC(=O)OC(CCCCCCCCC)P(=O)(O)OCCF. The molecular weight excluding hydrogens is 336 g/mol. The van der Waals surface area contributed by atoms with E-state index in [0.29, 0.717) is 6.42 Å². The highest BCUT2D eigenvalue weighted by molar-refractivity contribution is 7.53. The quantitative estimate of drug-likeness (QED) is 0.276. The molecule has 6 nitrogen and oxygen atoms in total. The monoisotopic (exact) mass is 365 g/mol. The summed E-state index contributed by atoms with van der Waals surface area (Å²) in [7, 11) is -4.25. The molecule has 0 fully saturated rings. The number of alkyl carbamates (subject to hydrolysis) is 1. The number of rotatable bonds is 14. The van der Waals surface area contributed by atoms with E-state index in [1.165, 1.54) is 19.3 Å². The maximum atomic E-state index is 12.2. The van der Waals surface area contributed by atoms with Crippen molar-refractivity contribution in [2.75, 3.05) is 19.8 Å². The molecule has 1 amide bonds. The van der Waals surface area contributed by atoms with Gasteiger partial charge in [0.25, 0.3) is 0 Å². The number of nitrogens with one attached hydrogen (secondary N) is 1. The third-order valence-corrected chi connectivity index (χ3v) is 4.99. The average molecular weight is 365 g/mol. The van der Waals surface area contributed by atoms with E-state index in [0.717, 1.165) is 19.3 Å². The van der Waals surface area contributed by atoms with Crippen LogP contribution in [0.25, 0.3) is 0 Å². The van der Waals surface area contributed by atoms with Crippen LogP contribution in [0.3, 0.4) is 0 Å². The zero-order chi connectivity index (χ0) is 18.3. The molecule has 24 heavy (non-hydrogen) atoms. The first-order valence-corrected chi connectivity index (χ1v) is 10.0. The Kier molecular flexibility index (Phi) is 13.6. The fourth-order valence-corrected chi connectivity index (χ4v) is 3.34. The van der Waals surface area contributed by atoms with E-state index in [1.807, 2.05) is 0 Å². The van der Waals surface area contributed by atoms with Gasteiger partial charge in [0, 0.05) is 0 Å². The molecule has 2 atom stereocenters. The number of hydrogen-bond donors (Lipinski definition) is 2. The highest BCUT2D eigenvalue weighted by Crippen LogP contribution is 2.50. The first-order chi connectivity index (χ1) is 11.5. The lowest BCUT2D eigenvalue weighted by Gasteiger charge is -2.22. The summed E-state index contributed by atoms with van der Waals surface area (Å²) >= 11 is 0. The van der Waals surface area contributed by atoms with Gasteiger partial charge in [-0.2, -0.15) is 0 Å². The van der Waals surface area contributed by atoms with Crippen molar-refractivity contribution in [3.8, 4) is 12.3 Å². The third-order valence-electron chi connectivity index (χ3n) is 3.35. The molecule has 0 aromatic carbocycles. The summed E-state index contributed by atoms with van der Waals surface area (Å²) in [4.78, 5) is 21.4. The number of halogens is 1. The van der Waals surface area contributed by atoms with Crippen molar-refractivity contribution in [3.63, 3.8) is 0 Å². The van der Waals surface area contributed by atoms with Gasteiger partial charge in [-0.1, -0.05) is 51.4 Å². The Labute approximate surface area is 144 Å². The Bertz CT molecular complexity index is 427. The van der Waals surface area contributed by atoms with Crippen LogP contribution >= 0.6 is 7.60 Å². The van der Waals surface area contributed by atoms with Gasteiger partial charge in [-0.15, -0.1) is 6.42 Å². The second-order valence-corrected chi connectivity index (χ2v) is 7.38. The molecule has 0 heterocycles. The number of carbonyl (C=O) groups excluding carboxylic acids is 1. The molecule has 0 saturated heterocycles. The van der Waals surface area contributed by atoms with Gasteiger partial charge in [0.05, 0.1) is 13.2 Å². The van der Waals surface area contributed by atoms with Crippen molar-refractivity contribution < 1.29 is 27.9 Å². The van der Waals surface area contributed by atoms with Crippen LogP contribution in [0.2, 0.25) is 0 Å². The minimum absolute atomic E-state index is 0.0515. The summed E-state index contributed by atoms with van der Waals surface area (Å²) in [5.74, 6) is 0.875. The summed E-state index contributed by atoms with van der Waals surface area (Å²) in [5.41, 5.74) is 0. The lowest BCUT2D eigenvalue weighted by molar-refractivity contribution is 0.104. The predicted octanol–water partition coefficient (Wildman–Crippen LogP) is 3.98. The molecule has 0 aliphatic rings. The fraction of sp³-hybridized carbons (Fsp3) is 0.812. The molecule has 0 aliphatic carbocycles. The van der Waals surface area contributed by atoms with Crippen molar-refractivity contribution >= 4 is 13.7 Å². The van der Waals surface area contributed by atoms with Crippen LogP contribution in [0.4, 0.5) is 9.18 Å². The highest BCUT2D eigenvalue weighted by Gasteiger charge is 2.35. The number of alkyl halides is 1. The summed E-state index contributed by atoms with van der Waals surface area (Å²) < 4.78 is 33.9. The topological polar surface area (TPSA) is 84.9 Å². The predicted molar refractivity (Wildman–Crippen MR) is 91.5 cm³/mol. The lowest BCUT2D eigenvalue weighted by atomic mass is 10.1. The number of hydrogen-bond acceptors (Lipinski definition) is 4. The van der Waals surface area contributed by atoms with Gasteiger partial charge in [0.15, 0.2) is 0 Å². The standard InChI is InChI=1S/C16H29FNO5P/c1-3-5-6-7-8-9-10-11-15(23-16(19)18-13-4-2)24(20,21)22-14-12-17/h2,15H,3,5-14H2,1H3,(H,18,19)(H,20,21). The normalized spacial score (nSPS) is 14.4. The highest BCUT2D eigenvalue weighted by atomic mass is 31.2. The zero-order valence-corrected chi connectivity index (χ0v) is 15.2. The summed E-state index contributed by atoms with van der Waals surface area (Å²) in [6.07, 6.45) is 11.4. The van der Waals surface area contributed by atoms with Crippen LogP contribution in [0.1, 0.15) is 58.3 Å². The third kappa shape index (κ3) is 11.4. The molecule has 8 heteroatoms. The Morgan fingerprint density at radius 2 is 1.92 bits per heavy atom. The molecular formula is C16H29FNO5P. The molecule has 0 saturated carbocycles. The molecule has 0 rings (SSSR count). The van der Waals surface area contributed by atoms with Crippen LogP contribution in [0.15, 0.2) is 0 Å². The summed E-state index contributed by atoms with van der Waals surface area (Å²) in [6.45, 7) is 0.683. The Morgan fingerprint density at radius 1 is 1.29 bits per heavy atom. The molecule has 0 aliphatic heterocycles. The first-order valence-electron chi connectivity index (χ1n) is 8.38. The van der Waals surface area contributed by atoms with Gasteiger partial charge in [0.2, 0.25) is 5.85 Å². The second kappa shape index (κ2) is 14.3. The van der Waals surface area contributed by atoms with Crippen LogP contribution in [0.5, 0.6) is 0 Å². The summed E-state index contributed by atoms with van der Waals surface area (Å²) in [6, 6.07) is 0.